The highest BCUT2D eigenvalue weighted by Crippen LogP contribution is 2.41. The number of hydrogen-bond acceptors (Lipinski definition) is 2. The van der Waals surface area contributed by atoms with Gasteiger partial charge in [-0.3, -0.25) is 0 Å². The predicted molar refractivity (Wildman–Crippen MR) is 237 cm³/mol. The van der Waals surface area contributed by atoms with E-state index in [4.69, 9.17) is 8.83 Å². The Morgan fingerprint density at radius 3 is 1.23 bits per heavy atom. The molecule has 0 N–H and O–H groups in total. The first-order chi connectivity index (χ1) is 28.2. The number of nitrogens with zero attached hydrogens (tertiary/aromatic N) is 1. The maximum atomic E-state index is 6.43. The van der Waals surface area contributed by atoms with Gasteiger partial charge in [-0.15, -0.1) is 0 Å². The van der Waals surface area contributed by atoms with Gasteiger partial charge in [0.25, 0.3) is 0 Å². The first-order valence-corrected chi connectivity index (χ1v) is 19.4. The molecule has 0 aliphatic heterocycles. The monoisotopic (exact) mass is 727 g/mol. The molecule has 3 heterocycles. The van der Waals surface area contributed by atoms with E-state index in [1.54, 1.807) is 0 Å². The van der Waals surface area contributed by atoms with Crippen LogP contribution in [0.5, 0.6) is 0 Å². The third kappa shape index (κ3) is 4.99. The Morgan fingerprint density at radius 2 is 0.702 bits per heavy atom. The van der Waals surface area contributed by atoms with Crippen LogP contribution in [0.15, 0.2) is 209 Å². The third-order valence-corrected chi connectivity index (χ3v) is 11.6. The maximum absolute atomic E-state index is 6.43. The van der Waals surface area contributed by atoms with E-state index in [9.17, 15) is 0 Å². The molecule has 0 atom stereocenters. The second-order valence-corrected chi connectivity index (χ2v) is 14.9. The summed E-state index contributed by atoms with van der Waals surface area (Å²) < 4.78 is 15.3. The number of rotatable bonds is 5. The van der Waals surface area contributed by atoms with Crippen molar-refractivity contribution in [1.29, 1.82) is 0 Å². The lowest BCUT2D eigenvalue weighted by molar-refractivity contribution is 0.669. The van der Waals surface area contributed by atoms with E-state index >= 15 is 0 Å². The molecule has 12 aromatic rings. The van der Waals surface area contributed by atoms with Crippen LogP contribution >= 0.6 is 0 Å². The van der Waals surface area contributed by atoms with Gasteiger partial charge in [0.2, 0.25) is 0 Å². The third-order valence-electron chi connectivity index (χ3n) is 11.6. The molecule has 3 nitrogen and oxygen atoms in total. The van der Waals surface area contributed by atoms with E-state index in [1.165, 1.54) is 21.8 Å². The van der Waals surface area contributed by atoms with Gasteiger partial charge in [0, 0.05) is 49.1 Å². The highest BCUT2D eigenvalue weighted by Gasteiger charge is 2.17. The summed E-state index contributed by atoms with van der Waals surface area (Å²) in [6.45, 7) is 0. The zero-order valence-electron chi connectivity index (χ0n) is 30.8. The average molecular weight is 728 g/mol. The molecular weight excluding hydrogens is 695 g/mol. The van der Waals surface area contributed by atoms with Crippen LogP contribution in [0, 0.1) is 0 Å². The van der Waals surface area contributed by atoms with Crippen molar-refractivity contribution >= 4 is 65.7 Å². The lowest BCUT2D eigenvalue weighted by atomic mass is 9.96. The van der Waals surface area contributed by atoms with E-state index < -0.39 is 0 Å². The SMILES string of the molecule is c1ccc(-n2c3cc(-c4cccc(-c5cccc6c5oc5ccccc56)c4)ccc3c3ccc(-c4cccc(-c5cccc6c5oc5ccccc56)c4)cc32)cc1. The number of hydrogen-bond donors (Lipinski definition) is 0. The fourth-order valence-electron chi connectivity index (χ4n) is 8.91. The molecule has 0 aliphatic rings. The largest absolute Gasteiger partial charge is 0.455 e. The Hall–Kier alpha value is -7.62. The highest BCUT2D eigenvalue weighted by molar-refractivity contribution is 6.13. The lowest BCUT2D eigenvalue weighted by Crippen LogP contribution is -1.94. The normalized spacial score (nSPS) is 11.9. The van der Waals surface area contributed by atoms with Crippen LogP contribution in [0.25, 0.3) is 116 Å². The van der Waals surface area contributed by atoms with Crippen LogP contribution in [-0.4, -0.2) is 4.57 Å². The number of aromatic nitrogens is 1. The molecule has 0 aliphatic carbocycles. The molecule has 57 heavy (non-hydrogen) atoms. The van der Waals surface area contributed by atoms with Crippen molar-refractivity contribution in [3.05, 3.63) is 200 Å². The Morgan fingerprint density at radius 1 is 0.281 bits per heavy atom. The summed E-state index contributed by atoms with van der Waals surface area (Å²) in [5.41, 5.74) is 16.2. The molecule has 0 unspecified atom stereocenters. The minimum Gasteiger partial charge on any atom is -0.455 e. The molecule has 0 spiro atoms. The van der Waals surface area contributed by atoms with Crippen molar-refractivity contribution in [2.24, 2.45) is 0 Å². The van der Waals surface area contributed by atoms with Gasteiger partial charge in [-0.2, -0.15) is 0 Å². The standard InChI is InChI=1S/C54H33NO2/c1-2-16-40(17-3-1)55-49-32-36(34-12-8-14-38(30-34)41-20-10-22-47-45-18-4-6-24-51(45)56-53(41)47)26-28-43(49)44-29-27-37(33-50(44)55)35-13-9-15-39(31-35)42-21-11-23-48-46-19-5-7-25-52(46)57-54(42)48/h1-33H. The van der Waals surface area contributed by atoms with Crippen LogP contribution in [0.1, 0.15) is 0 Å². The fourth-order valence-corrected chi connectivity index (χ4v) is 8.91. The van der Waals surface area contributed by atoms with Gasteiger partial charge in [-0.25, -0.2) is 0 Å². The minimum absolute atomic E-state index is 0.909. The fraction of sp³-hybridized carbons (Fsp3) is 0. The number of para-hydroxylation sites is 5. The number of fused-ring (bicyclic) bond motifs is 9. The minimum atomic E-state index is 0.909. The molecule has 12 rings (SSSR count). The van der Waals surface area contributed by atoms with E-state index in [2.05, 4.69) is 180 Å². The second-order valence-electron chi connectivity index (χ2n) is 14.9. The van der Waals surface area contributed by atoms with Crippen LogP contribution in [0.4, 0.5) is 0 Å². The molecule has 266 valence electrons. The Labute approximate surface area is 328 Å². The highest BCUT2D eigenvalue weighted by atomic mass is 16.3. The zero-order chi connectivity index (χ0) is 37.5. The molecule has 0 saturated heterocycles. The number of furan rings is 2. The van der Waals surface area contributed by atoms with E-state index in [0.717, 1.165) is 94.1 Å². The lowest BCUT2D eigenvalue weighted by Gasteiger charge is -2.11. The molecule has 3 aromatic heterocycles. The van der Waals surface area contributed by atoms with Gasteiger partial charge in [-0.1, -0.05) is 152 Å². The molecule has 9 aromatic carbocycles. The van der Waals surface area contributed by atoms with Gasteiger partial charge in [-0.05, 0) is 81.9 Å². The zero-order valence-corrected chi connectivity index (χ0v) is 30.8. The number of benzene rings is 9. The van der Waals surface area contributed by atoms with Crippen LogP contribution in [0.2, 0.25) is 0 Å². The van der Waals surface area contributed by atoms with Crippen molar-refractivity contribution in [3.8, 4) is 50.2 Å². The van der Waals surface area contributed by atoms with Crippen molar-refractivity contribution in [2.45, 2.75) is 0 Å². The summed E-state index contributed by atoms with van der Waals surface area (Å²) in [6.07, 6.45) is 0. The topological polar surface area (TPSA) is 31.2 Å². The van der Waals surface area contributed by atoms with E-state index in [-0.39, 0.29) is 0 Å². The molecular formula is C54H33NO2. The first-order valence-electron chi connectivity index (χ1n) is 19.4. The summed E-state index contributed by atoms with van der Waals surface area (Å²) in [7, 11) is 0. The van der Waals surface area contributed by atoms with Gasteiger partial charge >= 0.3 is 0 Å². The van der Waals surface area contributed by atoms with Gasteiger partial charge < -0.3 is 13.4 Å². The van der Waals surface area contributed by atoms with Crippen LogP contribution in [0.3, 0.4) is 0 Å². The summed E-state index contributed by atoms with van der Waals surface area (Å²) in [5, 5.41) is 6.99. The molecule has 0 fully saturated rings. The molecule has 0 radical (unpaired) electrons. The molecule has 0 amide bonds. The molecule has 0 bridgehead atoms. The Balaban J connectivity index is 0.992. The van der Waals surface area contributed by atoms with E-state index in [0.29, 0.717) is 0 Å². The summed E-state index contributed by atoms with van der Waals surface area (Å²) >= 11 is 0. The van der Waals surface area contributed by atoms with E-state index in [1.807, 2.05) is 24.3 Å². The second kappa shape index (κ2) is 12.5. The molecule has 0 saturated carbocycles. The Bertz CT molecular complexity index is 3310. The van der Waals surface area contributed by atoms with Crippen molar-refractivity contribution < 1.29 is 8.83 Å². The summed E-state index contributed by atoms with van der Waals surface area (Å²) in [5.74, 6) is 0. The first kappa shape index (κ1) is 31.7. The maximum Gasteiger partial charge on any atom is 0.143 e. The van der Waals surface area contributed by atoms with Crippen molar-refractivity contribution in [3.63, 3.8) is 0 Å². The van der Waals surface area contributed by atoms with Gasteiger partial charge in [0.1, 0.15) is 22.3 Å². The average Bonchev–Trinajstić information content (AvgIpc) is 3.96. The molecule has 3 heteroatoms. The van der Waals surface area contributed by atoms with Gasteiger partial charge in [0.05, 0.1) is 11.0 Å². The van der Waals surface area contributed by atoms with Crippen LogP contribution in [-0.2, 0) is 0 Å². The summed E-state index contributed by atoms with van der Waals surface area (Å²) in [4.78, 5) is 0. The Kier molecular flexibility index (Phi) is 6.93. The predicted octanol–water partition coefficient (Wildman–Crippen LogP) is 15.3. The van der Waals surface area contributed by atoms with Crippen molar-refractivity contribution in [2.75, 3.05) is 0 Å². The smallest absolute Gasteiger partial charge is 0.143 e. The van der Waals surface area contributed by atoms with Gasteiger partial charge in [0.15, 0.2) is 0 Å². The van der Waals surface area contributed by atoms with Crippen LogP contribution < -0.4 is 0 Å². The van der Waals surface area contributed by atoms with Crippen molar-refractivity contribution in [1.82, 2.24) is 4.57 Å². The quantitative estimate of drug-likeness (QED) is 0.177. The summed E-state index contributed by atoms with van der Waals surface area (Å²) in [6, 6.07) is 71.5.